The van der Waals surface area contributed by atoms with Gasteiger partial charge >= 0.3 is 18.1 Å². The van der Waals surface area contributed by atoms with Crippen LogP contribution in [0.4, 0.5) is 27.0 Å². The lowest BCUT2D eigenvalue weighted by atomic mass is 10.0. The summed E-state index contributed by atoms with van der Waals surface area (Å²) in [5, 5.41) is 3.30. The molecule has 0 radical (unpaired) electrons. The molecule has 0 unspecified atom stereocenters. The van der Waals surface area contributed by atoms with E-state index >= 15 is 0 Å². The SMILES string of the molecule is C#CCN(C(=O)N1CCCC1)c1cnc(N(CC)CC)nc1N[C@@H](Cc1ccc(OC(=O)N2CCCC2)cc1)C(=O)OC(C)(C)C. The quantitative estimate of drug-likeness (QED) is 0.271. The number of terminal acetylenes is 1. The molecule has 3 heterocycles. The van der Waals surface area contributed by atoms with Crippen LogP contribution in [-0.4, -0.2) is 95.3 Å². The second-order valence-corrected chi connectivity index (χ2v) is 12.5. The fourth-order valence-corrected chi connectivity index (χ4v) is 5.48. The van der Waals surface area contributed by atoms with E-state index in [4.69, 9.17) is 20.9 Å². The summed E-state index contributed by atoms with van der Waals surface area (Å²) in [6, 6.07) is 5.95. The van der Waals surface area contributed by atoms with Gasteiger partial charge in [-0.3, -0.25) is 4.90 Å². The van der Waals surface area contributed by atoms with Crippen LogP contribution in [0.5, 0.6) is 5.75 Å². The Kier molecular flexibility index (Phi) is 11.7. The minimum absolute atomic E-state index is 0.00665. The molecule has 0 saturated carbocycles. The van der Waals surface area contributed by atoms with Crippen LogP contribution >= 0.6 is 0 Å². The predicted octanol–water partition coefficient (Wildman–Crippen LogP) is 4.94. The molecule has 1 atom stereocenters. The molecule has 248 valence electrons. The monoisotopic (exact) mass is 633 g/mol. The number of urea groups is 1. The van der Waals surface area contributed by atoms with E-state index in [1.54, 1.807) is 28.1 Å². The Balaban J connectivity index is 1.66. The largest absolute Gasteiger partial charge is 0.458 e. The van der Waals surface area contributed by atoms with Gasteiger partial charge in [0, 0.05) is 45.7 Å². The fraction of sp³-hybridized carbons (Fsp3) is 0.559. The van der Waals surface area contributed by atoms with Crippen LogP contribution in [0.25, 0.3) is 0 Å². The van der Waals surface area contributed by atoms with Crippen LogP contribution in [-0.2, 0) is 16.0 Å². The van der Waals surface area contributed by atoms with Crippen molar-refractivity contribution in [2.24, 2.45) is 0 Å². The number of ether oxygens (including phenoxy) is 2. The summed E-state index contributed by atoms with van der Waals surface area (Å²) >= 11 is 0. The third-order valence-electron chi connectivity index (χ3n) is 7.89. The molecule has 4 rings (SSSR count). The van der Waals surface area contributed by atoms with Crippen molar-refractivity contribution in [1.29, 1.82) is 0 Å². The number of nitrogens with zero attached hydrogens (tertiary/aromatic N) is 6. The zero-order chi connectivity index (χ0) is 33.3. The molecule has 3 amide bonds. The van der Waals surface area contributed by atoms with Crippen LogP contribution in [0, 0.1) is 12.3 Å². The third kappa shape index (κ3) is 9.02. The zero-order valence-electron chi connectivity index (χ0n) is 27.8. The lowest BCUT2D eigenvalue weighted by Gasteiger charge is -2.30. The maximum absolute atomic E-state index is 13.7. The van der Waals surface area contributed by atoms with Gasteiger partial charge in [0.2, 0.25) is 5.95 Å². The predicted molar refractivity (Wildman–Crippen MR) is 178 cm³/mol. The molecule has 1 aromatic heterocycles. The standard InChI is InChI=1S/C34H47N7O5/c1-7-18-41(32(43)39-19-10-11-20-39)28-24-35-31(38(8-2)9-3)37-29(28)36-27(30(42)46-34(4,5)6)23-25-14-16-26(17-15-25)45-33(44)40-21-12-13-22-40/h1,14-17,24,27H,8-13,18-23H2,2-6H3,(H,35,36,37)/t27-/m0/s1. The Labute approximate surface area is 272 Å². The Bertz CT molecular complexity index is 1390. The molecule has 2 aliphatic heterocycles. The summed E-state index contributed by atoms with van der Waals surface area (Å²) in [5.41, 5.74) is 0.438. The number of anilines is 3. The Hall–Kier alpha value is -4.53. The molecule has 12 nitrogen and oxygen atoms in total. The zero-order valence-corrected chi connectivity index (χ0v) is 27.8. The van der Waals surface area contributed by atoms with Gasteiger partial charge in [-0.1, -0.05) is 18.1 Å². The van der Waals surface area contributed by atoms with Crippen molar-refractivity contribution < 1.29 is 23.9 Å². The molecule has 2 saturated heterocycles. The first-order valence-corrected chi connectivity index (χ1v) is 16.2. The molecule has 0 aliphatic carbocycles. The molecule has 12 heteroatoms. The number of hydrogen-bond donors (Lipinski definition) is 1. The number of benzene rings is 1. The normalized spacial score (nSPS) is 15.2. The summed E-state index contributed by atoms with van der Waals surface area (Å²) in [6.45, 7) is 13.5. The minimum Gasteiger partial charge on any atom is -0.458 e. The minimum atomic E-state index is -0.884. The molecule has 0 spiro atoms. The van der Waals surface area contributed by atoms with E-state index in [1.807, 2.05) is 51.7 Å². The maximum atomic E-state index is 13.7. The van der Waals surface area contributed by atoms with Crippen LogP contribution < -0.4 is 19.9 Å². The van der Waals surface area contributed by atoms with Crippen LogP contribution in [0.2, 0.25) is 0 Å². The highest BCUT2D eigenvalue weighted by Crippen LogP contribution is 2.29. The Morgan fingerprint density at radius 2 is 1.61 bits per heavy atom. The van der Waals surface area contributed by atoms with Gasteiger partial charge in [-0.25, -0.2) is 19.4 Å². The maximum Gasteiger partial charge on any atom is 0.415 e. The summed E-state index contributed by atoms with van der Waals surface area (Å²) in [7, 11) is 0. The molecule has 1 aromatic carbocycles. The van der Waals surface area contributed by atoms with Crippen LogP contribution in [0.15, 0.2) is 30.5 Å². The van der Waals surface area contributed by atoms with Crippen molar-refractivity contribution in [2.75, 3.05) is 60.9 Å². The molecule has 0 bridgehead atoms. The van der Waals surface area contributed by atoms with E-state index in [2.05, 4.69) is 16.2 Å². The molecule has 1 N–H and O–H groups in total. The molecular formula is C34H47N7O5. The average molecular weight is 634 g/mol. The van der Waals surface area contributed by atoms with E-state index in [0.29, 0.717) is 62.5 Å². The topological polar surface area (TPSA) is 120 Å². The second kappa shape index (κ2) is 15.7. The number of carbonyl (C=O) groups excluding carboxylic acids is 3. The van der Waals surface area contributed by atoms with Crippen molar-refractivity contribution in [3.05, 3.63) is 36.0 Å². The van der Waals surface area contributed by atoms with E-state index < -0.39 is 17.6 Å². The fourth-order valence-electron chi connectivity index (χ4n) is 5.48. The number of esters is 1. The molecule has 2 fully saturated rings. The lowest BCUT2D eigenvalue weighted by molar-refractivity contribution is -0.155. The van der Waals surface area contributed by atoms with Crippen molar-refractivity contribution >= 4 is 35.5 Å². The molecule has 2 aliphatic rings. The third-order valence-corrected chi connectivity index (χ3v) is 7.89. The van der Waals surface area contributed by atoms with Gasteiger partial charge < -0.3 is 29.5 Å². The first-order valence-electron chi connectivity index (χ1n) is 16.2. The summed E-state index contributed by atoms with van der Waals surface area (Å²) in [5.74, 6) is 3.29. The summed E-state index contributed by atoms with van der Waals surface area (Å²) in [4.78, 5) is 56.1. The van der Waals surface area contributed by atoms with E-state index in [0.717, 1.165) is 31.2 Å². The number of nitrogens with one attached hydrogen (secondary N) is 1. The van der Waals surface area contributed by atoms with Gasteiger partial charge in [-0.05, 0) is 78.0 Å². The Morgan fingerprint density at radius 3 is 2.17 bits per heavy atom. The highest BCUT2D eigenvalue weighted by molar-refractivity contribution is 5.96. The number of likely N-dealkylation sites (tertiary alicyclic amines) is 2. The average Bonchev–Trinajstić information content (AvgIpc) is 3.76. The van der Waals surface area contributed by atoms with Crippen molar-refractivity contribution in [3.8, 4) is 18.1 Å². The lowest BCUT2D eigenvalue weighted by Crippen LogP contribution is -2.43. The number of carbonyl (C=O) groups is 3. The van der Waals surface area contributed by atoms with Crippen molar-refractivity contribution in [1.82, 2.24) is 19.8 Å². The van der Waals surface area contributed by atoms with Gasteiger partial charge in [-0.15, -0.1) is 6.42 Å². The first kappa shape index (κ1) is 34.3. The van der Waals surface area contributed by atoms with Crippen LogP contribution in [0.1, 0.15) is 65.9 Å². The van der Waals surface area contributed by atoms with Gasteiger partial charge in [0.25, 0.3) is 0 Å². The Morgan fingerprint density at radius 1 is 1.00 bits per heavy atom. The molecule has 46 heavy (non-hydrogen) atoms. The van der Waals surface area contributed by atoms with Gasteiger partial charge in [0.1, 0.15) is 23.1 Å². The summed E-state index contributed by atoms with van der Waals surface area (Å²) in [6.07, 6.45) is 11.0. The van der Waals surface area contributed by atoms with E-state index in [-0.39, 0.29) is 25.1 Å². The summed E-state index contributed by atoms with van der Waals surface area (Å²) < 4.78 is 11.4. The van der Waals surface area contributed by atoms with Gasteiger partial charge in [0.15, 0.2) is 5.82 Å². The highest BCUT2D eigenvalue weighted by Gasteiger charge is 2.31. The number of rotatable bonds is 11. The smallest absolute Gasteiger partial charge is 0.415 e. The molecule has 2 aromatic rings. The van der Waals surface area contributed by atoms with Crippen molar-refractivity contribution in [3.63, 3.8) is 0 Å². The first-order chi connectivity index (χ1) is 22.0. The van der Waals surface area contributed by atoms with E-state index in [1.165, 1.54) is 4.90 Å². The highest BCUT2D eigenvalue weighted by atomic mass is 16.6. The van der Waals surface area contributed by atoms with Gasteiger partial charge in [0.05, 0.1) is 12.7 Å². The number of aromatic nitrogens is 2. The number of hydrogen-bond acceptors (Lipinski definition) is 9. The molecular weight excluding hydrogens is 586 g/mol. The number of amides is 3. The van der Waals surface area contributed by atoms with E-state index in [9.17, 15) is 14.4 Å². The second-order valence-electron chi connectivity index (χ2n) is 12.5. The van der Waals surface area contributed by atoms with Crippen LogP contribution in [0.3, 0.4) is 0 Å². The van der Waals surface area contributed by atoms with Crippen molar-refractivity contribution in [2.45, 2.75) is 78.4 Å². The van der Waals surface area contributed by atoms with Gasteiger partial charge in [-0.2, -0.15) is 4.98 Å².